The van der Waals surface area contributed by atoms with Gasteiger partial charge in [-0.15, -0.1) is 0 Å². The number of esters is 1. The van der Waals surface area contributed by atoms with E-state index in [0.717, 1.165) is 0 Å². The third-order valence-corrected chi connectivity index (χ3v) is 7.94. The van der Waals surface area contributed by atoms with Gasteiger partial charge in [-0.25, -0.2) is 19.7 Å². The number of thiazole rings is 1. The van der Waals surface area contributed by atoms with Gasteiger partial charge < -0.3 is 30.3 Å². The van der Waals surface area contributed by atoms with Gasteiger partial charge >= 0.3 is 19.1 Å². The lowest BCUT2D eigenvalue weighted by atomic mass is 9.79. The van der Waals surface area contributed by atoms with Gasteiger partial charge in [-0.3, -0.25) is 9.69 Å². The second kappa shape index (κ2) is 12.2. The van der Waals surface area contributed by atoms with Gasteiger partial charge in [0.05, 0.1) is 28.9 Å². The number of hydrogen-bond acceptors (Lipinski definition) is 11. The molecule has 0 radical (unpaired) electrons. The Morgan fingerprint density at radius 1 is 1.18 bits per heavy atom. The summed E-state index contributed by atoms with van der Waals surface area (Å²) in [4.78, 5) is 42.1. The van der Waals surface area contributed by atoms with Gasteiger partial charge in [0, 0.05) is 43.1 Å². The van der Waals surface area contributed by atoms with E-state index in [1.54, 1.807) is 25.5 Å². The molecule has 0 spiro atoms. The number of rotatable bonds is 9. The summed E-state index contributed by atoms with van der Waals surface area (Å²) in [5, 5.41) is 26.4. The predicted octanol–water partition coefficient (Wildman–Crippen LogP) is 1.32. The summed E-state index contributed by atoms with van der Waals surface area (Å²) in [5.41, 5.74) is 1.65. The van der Waals surface area contributed by atoms with Crippen molar-refractivity contribution < 1.29 is 24.4 Å². The average molecular weight is 555 g/mol. The highest BCUT2D eigenvalue weighted by molar-refractivity contribution is 7.23. The van der Waals surface area contributed by atoms with Crippen LogP contribution < -0.4 is 25.9 Å². The summed E-state index contributed by atoms with van der Waals surface area (Å²) in [7, 11) is -0.00198. The van der Waals surface area contributed by atoms with Crippen molar-refractivity contribution >= 4 is 57.2 Å². The Bertz CT molecular complexity index is 1310. The summed E-state index contributed by atoms with van der Waals surface area (Å²) in [6.45, 7) is 7.93. The fraction of sp³-hybridized carbons (Fsp3) is 0.480. The summed E-state index contributed by atoms with van der Waals surface area (Å²) in [5.74, 6) is 0.400. The molecule has 39 heavy (non-hydrogen) atoms. The van der Waals surface area contributed by atoms with Gasteiger partial charge in [0.15, 0.2) is 5.13 Å². The van der Waals surface area contributed by atoms with Crippen molar-refractivity contribution in [2.24, 2.45) is 5.41 Å². The molecular weight excluding hydrogens is 521 g/mol. The lowest BCUT2D eigenvalue weighted by molar-refractivity contribution is -0.155. The van der Waals surface area contributed by atoms with E-state index in [-0.39, 0.29) is 24.1 Å². The highest BCUT2D eigenvalue weighted by atomic mass is 32.1. The van der Waals surface area contributed by atoms with Crippen LogP contribution in [0, 0.1) is 5.41 Å². The lowest BCUT2D eigenvalue weighted by Crippen LogP contribution is -2.44. The molecule has 208 valence electrons. The molecule has 2 aromatic heterocycles. The zero-order chi connectivity index (χ0) is 28.2. The molecule has 3 heterocycles. The zero-order valence-corrected chi connectivity index (χ0v) is 23.4. The topological polar surface area (TPSA) is 153 Å². The molecule has 1 saturated heterocycles. The van der Waals surface area contributed by atoms with Crippen LogP contribution in [0.4, 0.5) is 15.9 Å². The average Bonchev–Trinajstić information content (AvgIpc) is 3.35. The van der Waals surface area contributed by atoms with Crippen molar-refractivity contribution in [2.45, 2.75) is 33.6 Å². The van der Waals surface area contributed by atoms with Gasteiger partial charge in [0.2, 0.25) is 5.95 Å². The summed E-state index contributed by atoms with van der Waals surface area (Å²) in [6, 6.07) is 3.19. The van der Waals surface area contributed by atoms with Gasteiger partial charge in [0.1, 0.15) is 0 Å². The Morgan fingerprint density at radius 2 is 1.87 bits per heavy atom. The maximum atomic E-state index is 12.6. The number of nitrogens with zero attached hydrogens (tertiary/aromatic N) is 5. The molecule has 1 aliphatic heterocycles. The van der Waals surface area contributed by atoms with Crippen LogP contribution in [0.25, 0.3) is 21.3 Å². The molecule has 0 bridgehead atoms. The van der Waals surface area contributed by atoms with Crippen LogP contribution in [0.2, 0.25) is 0 Å². The molecule has 1 aromatic carbocycles. The Balaban J connectivity index is 1.59. The van der Waals surface area contributed by atoms with Crippen molar-refractivity contribution in [3.63, 3.8) is 0 Å². The maximum Gasteiger partial charge on any atom is 0.489 e. The number of aromatic nitrogens is 3. The minimum atomic E-state index is -1.73. The minimum absolute atomic E-state index is 0.163. The van der Waals surface area contributed by atoms with Crippen LogP contribution in [-0.4, -0.2) is 84.1 Å². The van der Waals surface area contributed by atoms with E-state index in [0.29, 0.717) is 71.5 Å². The molecule has 0 aliphatic carbocycles. The van der Waals surface area contributed by atoms with Crippen molar-refractivity contribution in [3.05, 3.63) is 24.5 Å². The first-order valence-electron chi connectivity index (χ1n) is 13.0. The largest absolute Gasteiger partial charge is 0.489 e. The molecule has 14 heteroatoms. The third kappa shape index (κ3) is 6.14. The Morgan fingerprint density at radius 3 is 2.46 bits per heavy atom. The van der Waals surface area contributed by atoms with Crippen LogP contribution >= 0.6 is 11.3 Å². The van der Waals surface area contributed by atoms with Crippen molar-refractivity contribution in [1.82, 2.24) is 25.6 Å². The molecule has 2 amide bonds. The van der Waals surface area contributed by atoms with Crippen LogP contribution in [0.15, 0.2) is 24.5 Å². The quantitative estimate of drug-likeness (QED) is 0.173. The van der Waals surface area contributed by atoms with E-state index >= 15 is 0 Å². The van der Waals surface area contributed by atoms with Gasteiger partial charge in [-0.05, 0) is 52.3 Å². The lowest BCUT2D eigenvalue weighted by Gasteiger charge is -2.37. The monoisotopic (exact) mass is 555 g/mol. The van der Waals surface area contributed by atoms with E-state index in [4.69, 9.17) is 4.74 Å². The van der Waals surface area contributed by atoms with Crippen molar-refractivity contribution in [2.75, 3.05) is 49.8 Å². The number of carbonyl (C=O) groups is 2. The summed E-state index contributed by atoms with van der Waals surface area (Å²) < 4.78 is 5.82. The van der Waals surface area contributed by atoms with Crippen LogP contribution in [0.3, 0.4) is 0 Å². The molecule has 0 saturated carbocycles. The Hall–Kier alpha value is -3.33. The SMILES string of the molecule is CCNC(=O)N(CNC)c1nc2cc(-c3cnc(N4CCC(C)(C(=O)OCC)CC4)nc3)cc(B(O)O)c2s1. The third-order valence-electron chi connectivity index (χ3n) is 6.80. The first-order valence-corrected chi connectivity index (χ1v) is 13.8. The number of fused-ring (bicyclic) bond motifs is 1. The van der Waals surface area contributed by atoms with E-state index in [1.807, 2.05) is 31.7 Å². The maximum absolute atomic E-state index is 12.6. The molecule has 3 aromatic rings. The molecule has 0 unspecified atom stereocenters. The number of hydrogen-bond donors (Lipinski definition) is 4. The van der Waals surface area contributed by atoms with Crippen LogP contribution in [-0.2, 0) is 9.53 Å². The molecule has 0 atom stereocenters. The number of amides is 2. The van der Waals surface area contributed by atoms with Crippen molar-refractivity contribution in [3.8, 4) is 11.1 Å². The predicted molar refractivity (Wildman–Crippen MR) is 152 cm³/mol. The van der Waals surface area contributed by atoms with E-state index in [1.165, 1.54) is 16.2 Å². The number of benzene rings is 1. The normalized spacial score (nSPS) is 14.8. The van der Waals surface area contributed by atoms with Crippen LogP contribution in [0.1, 0.15) is 33.6 Å². The number of urea groups is 1. The Kier molecular flexibility index (Phi) is 9.00. The van der Waals surface area contributed by atoms with Gasteiger partial charge in [-0.2, -0.15) is 0 Å². The molecule has 4 rings (SSSR count). The van der Waals surface area contributed by atoms with E-state index in [2.05, 4.69) is 25.6 Å². The number of nitrogens with one attached hydrogen (secondary N) is 2. The highest BCUT2D eigenvalue weighted by Gasteiger charge is 2.38. The number of ether oxygens (including phenoxy) is 1. The highest BCUT2D eigenvalue weighted by Crippen LogP contribution is 2.34. The first-order chi connectivity index (χ1) is 18.7. The fourth-order valence-electron chi connectivity index (χ4n) is 4.50. The zero-order valence-electron chi connectivity index (χ0n) is 22.6. The van der Waals surface area contributed by atoms with E-state index in [9.17, 15) is 19.6 Å². The van der Waals surface area contributed by atoms with Crippen LogP contribution in [0.5, 0.6) is 0 Å². The fourth-order valence-corrected chi connectivity index (χ4v) is 5.57. The number of piperidine rings is 1. The molecule has 1 aliphatic rings. The summed E-state index contributed by atoms with van der Waals surface area (Å²) in [6.07, 6.45) is 4.67. The summed E-state index contributed by atoms with van der Waals surface area (Å²) >= 11 is 1.21. The second-order valence-electron chi connectivity index (χ2n) is 9.60. The molecule has 12 nitrogen and oxygen atoms in total. The number of anilines is 2. The van der Waals surface area contributed by atoms with Gasteiger partial charge in [0.25, 0.3) is 0 Å². The first kappa shape index (κ1) is 28.7. The van der Waals surface area contributed by atoms with E-state index < -0.39 is 12.5 Å². The molecule has 1 fully saturated rings. The Labute approximate surface area is 231 Å². The molecule has 4 N–H and O–H groups in total. The minimum Gasteiger partial charge on any atom is -0.466 e. The molecular formula is C25H34BN7O5S. The van der Waals surface area contributed by atoms with Gasteiger partial charge in [-0.1, -0.05) is 17.4 Å². The second-order valence-corrected chi connectivity index (χ2v) is 10.6. The smallest absolute Gasteiger partial charge is 0.466 e. The van der Waals surface area contributed by atoms with Crippen molar-refractivity contribution in [1.29, 1.82) is 0 Å². The standard InChI is InChI=1S/C25H34BN7O5S/c1-5-28-23(35)33(15-27-4)24-31-19-12-16(11-18(26(36)37)20(19)39-24)17-13-29-22(30-14-17)32-9-7-25(3,8-10-32)21(34)38-6-2/h11-14,27,36-37H,5-10,15H2,1-4H3,(H,28,35). The number of carbonyl (C=O) groups excluding carboxylic acids is 2.